The van der Waals surface area contributed by atoms with E-state index in [1.165, 1.54) is 22.0 Å². The van der Waals surface area contributed by atoms with Gasteiger partial charge in [-0.05, 0) is 42.0 Å². The number of benzene rings is 1. The van der Waals surface area contributed by atoms with Gasteiger partial charge in [0.15, 0.2) is 0 Å². The highest BCUT2D eigenvalue weighted by Gasteiger charge is 2.35. The largest absolute Gasteiger partial charge is 0.336 e. The normalized spacial score (nSPS) is 19.4. The molecule has 1 aromatic heterocycles. The van der Waals surface area contributed by atoms with Crippen molar-refractivity contribution in [2.45, 2.75) is 38.1 Å². The Morgan fingerprint density at radius 2 is 1.93 bits per heavy atom. The monoisotopic (exact) mass is 413 g/mol. The molecule has 29 heavy (non-hydrogen) atoms. The van der Waals surface area contributed by atoms with Gasteiger partial charge in [0.2, 0.25) is 5.91 Å². The minimum atomic E-state index is -0.314. The van der Waals surface area contributed by atoms with Gasteiger partial charge in [0, 0.05) is 19.4 Å². The number of hydrogen-bond acceptors (Lipinski definition) is 4. The van der Waals surface area contributed by atoms with Crippen LogP contribution in [0.25, 0.3) is 0 Å². The molecule has 4 rings (SSSR count). The van der Waals surface area contributed by atoms with E-state index >= 15 is 0 Å². The number of hydrazone groups is 1. The van der Waals surface area contributed by atoms with Gasteiger partial charge < -0.3 is 4.90 Å². The summed E-state index contributed by atoms with van der Waals surface area (Å²) < 4.78 is 13.4. The Bertz CT molecular complexity index is 905. The molecule has 1 atom stereocenters. The molecule has 1 aliphatic heterocycles. The molecule has 0 saturated heterocycles. The first-order valence-electron chi connectivity index (χ1n) is 9.97. The summed E-state index contributed by atoms with van der Waals surface area (Å²) in [5, 5.41) is 8.05. The molecule has 7 heteroatoms. The highest BCUT2D eigenvalue weighted by Crippen LogP contribution is 2.34. The van der Waals surface area contributed by atoms with Crippen LogP contribution in [0, 0.1) is 11.7 Å². The first-order chi connectivity index (χ1) is 14.0. The molecule has 0 radical (unpaired) electrons. The first kappa shape index (κ1) is 19.8. The van der Waals surface area contributed by atoms with Crippen molar-refractivity contribution < 1.29 is 14.0 Å². The van der Waals surface area contributed by atoms with Crippen LogP contribution in [0.1, 0.15) is 48.6 Å². The number of rotatable bonds is 5. The minimum Gasteiger partial charge on any atom is -0.336 e. The van der Waals surface area contributed by atoms with E-state index in [1.54, 1.807) is 30.5 Å². The van der Waals surface area contributed by atoms with Crippen LogP contribution < -0.4 is 0 Å². The number of thiophene rings is 1. The van der Waals surface area contributed by atoms with Crippen molar-refractivity contribution >= 4 is 28.9 Å². The Morgan fingerprint density at radius 1 is 1.21 bits per heavy atom. The Hall–Kier alpha value is -2.54. The lowest BCUT2D eigenvalue weighted by Gasteiger charge is -2.26. The summed E-state index contributed by atoms with van der Waals surface area (Å²) in [5.74, 6) is -0.467. The molecular weight excluding hydrogens is 389 g/mol. The van der Waals surface area contributed by atoms with Crippen molar-refractivity contribution in [3.05, 3.63) is 58.0 Å². The summed E-state index contributed by atoms with van der Waals surface area (Å²) >= 11 is 1.58. The molecule has 152 valence electrons. The topological polar surface area (TPSA) is 53.0 Å². The van der Waals surface area contributed by atoms with Crippen LogP contribution >= 0.6 is 11.3 Å². The molecule has 0 spiro atoms. The van der Waals surface area contributed by atoms with Crippen molar-refractivity contribution in [2.75, 3.05) is 13.6 Å². The fraction of sp³-hybridized carbons (Fsp3) is 0.409. The van der Waals surface area contributed by atoms with Crippen molar-refractivity contribution in [3.63, 3.8) is 0 Å². The molecule has 1 saturated carbocycles. The summed E-state index contributed by atoms with van der Waals surface area (Å²) in [6, 6.07) is 9.83. The molecule has 2 aliphatic rings. The molecule has 1 unspecified atom stereocenters. The summed E-state index contributed by atoms with van der Waals surface area (Å²) in [6.07, 6.45) is 4.52. The number of nitrogens with zero attached hydrogens (tertiary/aromatic N) is 3. The average Bonchev–Trinajstić information content (AvgIpc) is 3.48. The van der Waals surface area contributed by atoms with Crippen LogP contribution in [0.3, 0.4) is 0 Å². The SMILES string of the molecule is CN(CC(=O)N1N=C(c2cccs2)CC1c1ccc(F)cc1)C(=O)C1CCCC1. The van der Waals surface area contributed by atoms with Gasteiger partial charge in [-0.3, -0.25) is 9.59 Å². The Labute approximate surface area is 173 Å². The Balaban J connectivity index is 1.54. The standard InChI is InChI=1S/C22H24FN3O2S/c1-25(22(28)16-5-2-3-6-16)14-21(27)26-19(15-8-10-17(23)11-9-15)13-18(24-26)20-7-4-12-29-20/h4,7-12,16,19H,2-3,5-6,13-14H2,1H3. The fourth-order valence-corrected chi connectivity index (χ4v) is 4.84. The van der Waals surface area contributed by atoms with Gasteiger partial charge in [0.05, 0.1) is 16.6 Å². The van der Waals surface area contributed by atoms with Crippen LogP contribution in [0.5, 0.6) is 0 Å². The van der Waals surface area contributed by atoms with E-state index in [0.29, 0.717) is 6.42 Å². The summed E-state index contributed by atoms with van der Waals surface area (Å²) in [5.41, 5.74) is 1.67. The minimum absolute atomic E-state index is 0.00571. The maximum absolute atomic E-state index is 13.4. The fourth-order valence-electron chi connectivity index (χ4n) is 4.11. The Morgan fingerprint density at radius 3 is 2.59 bits per heavy atom. The maximum atomic E-state index is 13.4. The first-order valence-corrected chi connectivity index (χ1v) is 10.8. The third-order valence-corrected chi connectivity index (χ3v) is 6.60. The molecule has 2 amide bonds. The molecule has 0 N–H and O–H groups in total. The number of halogens is 1. The van der Waals surface area contributed by atoms with Gasteiger partial charge >= 0.3 is 0 Å². The van der Waals surface area contributed by atoms with Gasteiger partial charge in [-0.1, -0.05) is 31.0 Å². The highest BCUT2D eigenvalue weighted by atomic mass is 32.1. The highest BCUT2D eigenvalue weighted by molar-refractivity contribution is 7.12. The summed E-state index contributed by atoms with van der Waals surface area (Å²) in [4.78, 5) is 28.3. The maximum Gasteiger partial charge on any atom is 0.262 e. The lowest BCUT2D eigenvalue weighted by Crippen LogP contribution is -2.41. The van der Waals surface area contributed by atoms with E-state index in [-0.39, 0.29) is 36.1 Å². The second kappa shape index (κ2) is 8.45. The Kier molecular flexibility index (Phi) is 5.76. The molecule has 1 aromatic carbocycles. The van der Waals surface area contributed by atoms with E-state index < -0.39 is 0 Å². The second-order valence-corrected chi connectivity index (χ2v) is 8.66. The molecule has 1 aliphatic carbocycles. The molecule has 1 fully saturated rings. The van der Waals surface area contributed by atoms with Gasteiger partial charge in [-0.2, -0.15) is 5.10 Å². The number of carbonyl (C=O) groups is 2. The van der Waals surface area contributed by atoms with Crippen LogP contribution in [-0.4, -0.2) is 41.0 Å². The third-order valence-electron chi connectivity index (χ3n) is 5.68. The number of hydrogen-bond donors (Lipinski definition) is 0. The van der Waals surface area contributed by atoms with E-state index in [2.05, 4.69) is 5.10 Å². The molecule has 0 bridgehead atoms. The zero-order chi connectivity index (χ0) is 20.4. The summed E-state index contributed by atoms with van der Waals surface area (Å²) in [7, 11) is 1.69. The quantitative estimate of drug-likeness (QED) is 0.737. The average molecular weight is 414 g/mol. The zero-order valence-electron chi connectivity index (χ0n) is 16.4. The lowest BCUT2D eigenvalue weighted by atomic mass is 10.0. The van der Waals surface area contributed by atoms with Crippen molar-refractivity contribution in [1.29, 1.82) is 0 Å². The predicted molar refractivity (Wildman–Crippen MR) is 111 cm³/mol. The van der Waals surface area contributed by atoms with Crippen molar-refractivity contribution in [3.8, 4) is 0 Å². The van der Waals surface area contributed by atoms with E-state index in [1.807, 2.05) is 17.5 Å². The van der Waals surface area contributed by atoms with Gasteiger partial charge in [-0.15, -0.1) is 11.3 Å². The molecule has 2 aromatic rings. The van der Waals surface area contributed by atoms with Crippen molar-refractivity contribution in [2.24, 2.45) is 11.0 Å². The smallest absolute Gasteiger partial charge is 0.262 e. The van der Waals surface area contributed by atoms with Crippen LogP contribution in [0.2, 0.25) is 0 Å². The predicted octanol–water partition coefficient (Wildman–Crippen LogP) is 4.21. The number of carbonyl (C=O) groups excluding carboxylic acids is 2. The van der Waals surface area contributed by atoms with Gasteiger partial charge in [0.25, 0.3) is 5.91 Å². The van der Waals surface area contributed by atoms with E-state index in [0.717, 1.165) is 41.8 Å². The number of amides is 2. The van der Waals surface area contributed by atoms with E-state index in [4.69, 9.17) is 0 Å². The lowest BCUT2D eigenvalue weighted by molar-refractivity contribution is -0.142. The third kappa shape index (κ3) is 4.24. The number of likely N-dealkylation sites (N-methyl/N-ethyl adjacent to an activating group) is 1. The van der Waals surface area contributed by atoms with E-state index in [9.17, 15) is 14.0 Å². The van der Waals surface area contributed by atoms with Crippen LogP contribution in [-0.2, 0) is 9.59 Å². The van der Waals surface area contributed by atoms with Crippen LogP contribution in [0.4, 0.5) is 4.39 Å². The zero-order valence-corrected chi connectivity index (χ0v) is 17.2. The molecule has 2 heterocycles. The van der Waals surface area contributed by atoms with Crippen molar-refractivity contribution in [1.82, 2.24) is 9.91 Å². The van der Waals surface area contributed by atoms with Crippen LogP contribution in [0.15, 0.2) is 46.9 Å². The summed E-state index contributed by atoms with van der Waals surface area (Å²) in [6.45, 7) is -0.00571. The second-order valence-electron chi connectivity index (χ2n) is 7.71. The molecule has 5 nitrogen and oxygen atoms in total. The van der Waals surface area contributed by atoms with Gasteiger partial charge in [-0.25, -0.2) is 9.40 Å². The molecular formula is C22H24FN3O2S. The van der Waals surface area contributed by atoms with Gasteiger partial charge in [0.1, 0.15) is 12.4 Å².